The van der Waals surface area contributed by atoms with Crippen molar-refractivity contribution in [1.29, 1.82) is 0 Å². The summed E-state index contributed by atoms with van der Waals surface area (Å²) in [5.41, 5.74) is 0.411. The van der Waals surface area contributed by atoms with Gasteiger partial charge in [-0.2, -0.15) is 0 Å². The van der Waals surface area contributed by atoms with Crippen molar-refractivity contribution in [2.45, 2.75) is 95.8 Å². The summed E-state index contributed by atoms with van der Waals surface area (Å²) >= 11 is 0. The van der Waals surface area contributed by atoms with Gasteiger partial charge >= 0.3 is 5.97 Å². The fraction of sp³-hybridized carbons (Fsp3) is 0.654. The quantitative estimate of drug-likeness (QED) is 0.722. The van der Waals surface area contributed by atoms with Crippen molar-refractivity contribution in [2.75, 3.05) is 0 Å². The minimum absolute atomic E-state index is 0.0885. The average Bonchev–Trinajstić information content (AvgIpc) is 3.12. The molecule has 2 aromatic rings. The van der Waals surface area contributed by atoms with E-state index in [0.29, 0.717) is 23.6 Å². The lowest BCUT2D eigenvalue weighted by Gasteiger charge is -2.46. The summed E-state index contributed by atoms with van der Waals surface area (Å²) < 4.78 is 1.68. The van der Waals surface area contributed by atoms with E-state index in [1.54, 1.807) is 10.6 Å². The van der Waals surface area contributed by atoms with Crippen molar-refractivity contribution < 1.29 is 9.90 Å². The molecule has 0 amide bonds. The molecule has 1 N–H and O–H groups in total. The van der Waals surface area contributed by atoms with E-state index < -0.39 is 11.5 Å². The van der Waals surface area contributed by atoms with Gasteiger partial charge in [-0.05, 0) is 76.3 Å². The molecule has 1 saturated heterocycles. The predicted molar refractivity (Wildman–Crippen MR) is 125 cm³/mol. The lowest BCUT2D eigenvalue weighted by atomic mass is 9.70. The van der Waals surface area contributed by atoms with E-state index in [1.165, 1.54) is 44.9 Å². The van der Waals surface area contributed by atoms with Crippen LogP contribution < -0.4 is 5.56 Å². The van der Waals surface area contributed by atoms with Gasteiger partial charge in [0, 0.05) is 24.2 Å². The Bertz CT molecular complexity index is 1050. The van der Waals surface area contributed by atoms with Crippen LogP contribution in [0.2, 0.25) is 0 Å². The molecule has 2 saturated carbocycles. The third kappa shape index (κ3) is 3.87. The molecule has 0 spiro atoms. The third-order valence-electron chi connectivity index (χ3n) is 8.42. The van der Waals surface area contributed by atoms with Crippen molar-refractivity contribution in [3.63, 3.8) is 0 Å². The number of hydrogen-bond donors (Lipinski definition) is 1. The summed E-state index contributed by atoms with van der Waals surface area (Å²) in [4.78, 5) is 31.7. The minimum atomic E-state index is -1.26. The minimum Gasteiger partial charge on any atom is -0.476 e. The Labute approximate surface area is 189 Å². The van der Waals surface area contributed by atoms with Gasteiger partial charge in [-0.1, -0.05) is 31.4 Å². The number of hydrogen-bond acceptors (Lipinski definition) is 4. The number of carboxylic acid groups (broad SMARTS) is 1. The smallest absolute Gasteiger partial charge is 0.360 e. The molecule has 1 aromatic heterocycles. The van der Waals surface area contributed by atoms with Crippen molar-refractivity contribution >= 4 is 17.0 Å². The molecule has 32 heavy (non-hydrogen) atoms. The highest BCUT2D eigenvalue weighted by Gasteiger charge is 2.41. The molecule has 5 atom stereocenters. The number of aromatic nitrogens is 2. The van der Waals surface area contributed by atoms with E-state index in [0.717, 1.165) is 30.2 Å². The molecule has 6 heteroatoms. The summed E-state index contributed by atoms with van der Waals surface area (Å²) in [6.07, 6.45) is 11.5. The molecule has 3 fully saturated rings. The summed E-state index contributed by atoms with van der Waals surface area (Å²) in [7, 11) is 0. The molecule has 2 unspecified atom stereocenters. The van der Waals surface area contributed by atoms with Crippen molar-refractivity contribution in [2.24, 2.45) is 11.8 Å². The molecule has 172 valence electrons. The Morgan fingerprint density at radius 3 is 2.56 bits per heavy atom. The predicted octanol–water partition coefficient (Wildman–Crippen LogP) is 4.87. The van der Waals surface area contributed by atoms with Crippen molar-refractivity contribution in [1.82, 2.24) is 14.5 Å². The molecule has 2 heterocycles. The van der Waals surface area contributed by atoms with Crippen molar-refractivity contribution in [3.8, 4) is 0 Å². The first-order valence-corrected chi connectivity index (χ1v) is 12.4. The zero-order valence-corrected chi connectivity index (χ0v) is 19.2. The van der Waals surface area contributed by atoms with E-state index in [4.69, 9.17) is 0 Å². The maximum Gasteiger partial charge on any atom is 0.360 e. The Hall–Kier alpha value is -2.21. The summed E-state index contributed by atoms with van der Waals surface area (Å²) in [6, 6.07) is 8.98. The fourth-order valence-corrected chi connectivity index (χ4v) is 7.16. The number of nitrogens with zero attached hydrogens (tertiary/aromatic N) is 3. The zero-order valence-electron chi connectivity index (χ0n) is 19.2. The second-order valence-electron chi connectivity index (χ2n) is 10.6. The first-order chi connectivity index (χ1) is 15.4. The van der Waals surface area contributed by atoms with Gasteiger partial charge in [0.15, 0.2) is 0 Å². The van der Waals surface area contributed by atoms with Crippen LogP contribution in [0, 0.1) is 11.8 Å². The number of carbonyl (C=O) groups is 1. The van der Waals surface area contributed by atoms with E-state index in [2.05, 4.69) is 23.7 Å². The van der Waals surface area contributed by atoms with Crippen LogP contribution in [0.1, 0.15) is 88.2 Å². The van der Waals surface area contributed by atoms with Gasteiger partial charge in [0.25, 0.3) is 5.56 Å². The van der Waals surface area contributed by atoms with Gasteiger partial charge in [-0.3, -0.25) is 9.69 Å². The van der Waals surface area contributed by atoms with Gasteiger partial charge in [-0.25, -0.2) is 9.78 Å². The Kier molecular flexibility index (Phi) is 5.82. The lowest BCUT2D eigenvalue weighted by Crippen LogP contribution is -2.48. The Morgan fingerprint density at radius 1 is 1.12 bits per heavy atom. The number of aromatic carboxylic acids is 1. The van der Waals surface area contributed by atoms with E-state index in [1.807, 2.05) is 18.2 Å². The van der Waals surface area contributed by atoms with Crippen LogP contribution in [0.15, 0.2) is 29.1 Å². The second-order valence-corrected chi connectivity index (χ2v) is 10.6. The Morgan fingerprint density at radius 2 is 1.84 bits per heavy atom. The van der Waals surface area contributed by atoms with Crippen LogP contribution in [0.5, 0.6) is 0 Å². The molecule has 3 aliphatic rings. The van der Waals surface area contributed by atoms with Crippen LogP contribution >= 0.6 is 0 Å². The van der Waals surface area contributed by atoms with E-state index in [9.17, 15) is 14.7 Å². The van der Waals surface area contributed by atoms with Gasteiger partial charge < -0.3 is 9.67 Å². The summed E-state index contributed by atoms with van der Waals surface area (Å²) in [5, 5.41) is 9.56. The van der Waals surface area contributed by atoms with Gasteiger partial charge in [0.1, 0.15) is 0 Å². The molecule has 2 bridgehead atoms. The lowest BCUT2D eigenvalue weighted by molar-refractivity contribution is 0.0387. The first-order valence-electron chi connectivity index (χ1n) is 12.4. The SMILES string of the molecule is C[C@H]1CC[C@@H](C[C@H](C)n2c(=O)c(C(=O)O)nc3ccccc32)N1C1CC2CCCC(C2)C1. The molecule has 6 nitrogen and oxygen atoms in total. The summed E-state index contributed by atoms with van der Waals surface area (Å²) in [6.45, 7) is 4.43. The standard InChI is InChI=1S/C26H35N3O3/c1-16-10-11-20(28(16)21-14-18-6-5-7-19(13-18)15-21)12-17(2)29-23-9-4-3-8-22(23)27-24(25(29)30)26(31)32/h3-4,8-9,16-21H,5-7,10-15H2,1-2H3,(H,31,32)/t16-,17-,18?,19?,20-,21?/m0/s1. The van der Waals surface area contributed by atoms with Gasteiger partial charge in [0.05, 0.1) is 11.0 Å². The molecule has 5 rings (SSSR count). The number of carboxylic acids is 1. The molecular formula is C26H35N3O3. The maximum absolute atomic E-state index is 13.1. The monoisotopic (exact) mass is 437 g/mol. The number of benzene rings is 1. The van der Waals surface area contributed by atoms with Crippen molar-refractivity contribution in [3.05, 3.63) is 40.3 Å². The van der Waals surface area contributed by atoms with Crippen LogP contribution in [-0.2, 0) is 0 Å². The highest BCUT2D eigenvalue weighted by molar-refractivity contribution is 5.88. The zero-order chi connectivity index (χ0) is 22.4. The molecule has 2 aliphatic carbocycles. The normalized spacial score (nSPS) is 31.6. The topological polar surface area (TPSA) is 75.4 Å². The number of rotatable bonds is 5. The molecule has 1 aliphatic heterocycles. The highest BCUT2D eigenvalue weighted by atomic mass is 16.4. The molecule has 0 radical (unpaired) electrons. The Balaban J connectivity index is 1.44. The average molecular weight is 438 g/mol. The number of para-hydroxylation sites is 2. The fourth-order valence-electron chi connectivity index (χ4n) is 7.16. The van der Waals surface area contributed by atoms with Crippen LogP contribution in [0.3, 0.4) is 0 Å². The first kappa shape index (κ1) is 21.6. The maximum atomic E-state index is 13.1. The van der Waals surface area contributed by atoms with Crippen LogP contribution in [-0.4, -0.2) is 43.7 Å². The molecule has 1 aromatic carbocycles. The summed E-state index contributed by atoms with van der Waals surface area (Å²) in [5.74, 6) is 0.526. The van der Waals surface area contributed by atoms with Gasteiger partial charge in [0.2, 0.25) is 5.69 Å². The van der Waals surface area contributed by atoms with Gasteiger partial charge in [-0.15, -0.1) is 0 Å². The number of fused-ring (bicyclic) bond motifs is 3. The third-order valence-corrected chi connectivity index (χ3v) is 8.42. The highest BCUT2D eigenvalue weighted by Crippen LogP contribution is 2.44. The largest absolute Gasteiger partial charge is 0.476 e. The van der Waals surface area contributed by atoms with Crippen LogP contribution in [0.4, 0.5) is 0 Å². The second kappa shape index (κ2) is 8.62. The number of likely N-dealkylation sites (tertiary alicyclic amines) is 1. The molecular weight excluding hydrogens is 402 g/mol. The van der Waals surface area contributed by atoms with Crippen LogP contribution in [0.25, 0.3) is 11.0 Å². The van der Waals surface area contributed by atoms with E-state index in [-0.39, 0.29) is 11.7 Å². The van der Waals surface area contributed by atoms with E-state index >= 15 is 0 Å².